The third-order valence-corrected chi connectivity index (χ3v) is 4.12. The minimum atomic E-state index is -0.0528. The number of nitrogens with one attached hydrogen (secondary N) is 1. The van der Waals surface area contributed by atoms with E-state index in [0.717, 1.165) is 34.6 Å². The molecule has 0 amide bonds. The lowest BCUT2D eigenvalue weighted by Crippen LogP contribution is -2.05. The molecule has 0 aliphatic heterocycles. The minimum Gasteiger partial charge on any atom is -0.388 e. The summed E-state index contributed by atoms with van der Waals surface area (Å²) >= 11 is 0. The molecule has 0 spiro atoms. The van der Waals surface area contributed by atoms with E-state index < -0.39 is 0 Å². The van der Waals surface area contributed by atoms with Gasteiger partial charge < -0.3 is 20.7 Å². The van der Waals surface area contributed by atoms with Gasteiger partial charge >= 0.3 is 0 Å². The van der Waals surface area contributed by atoms with Crippen molar-refractivity contribution in [2.75, 3.05) is 11.1 Å². The second-order valence-electron chi connectivity index (χ2n) is 6.03. The highest BCUT2D eigenvalue weighted by molar-refractivity contribution is 5.63. The molecule has 0 saturated heterocycles. The van der Waals surface area contributed by atoms with Crippen molar-refractivity contribution in [2.45, 2.75) is 33.4 Å². The Morgan fingerprint density at radius 3 is 2.72 bits per heavy atom. The van der Waals surface area contributed by atoms with Crippen LogP contribution >= 0.6 is 0 Å². The number of hydrogen-bond donors (Lipinski definition) is 3. The summed E-state index contributed by atoms with van der Waals surface area (Å²) in [6.45, 7) is 4.76. The van der Waals surface area contributed by atoms with Crippen LogP contribution in [0.25, 0.3) is 0 Å². The van der Waals surface area contributed by atoms with Crippen LogP contribution in [0.5, 0.6) is 0 Å². The molecule has 6 heteroatoms. The Morgan fingerprint density at radius 2 is 2.08 bits per heavy atom. The molecule has 0 fully saturated rings. The molecule has 0 unspecified atom stereocenters. The summed E-state index contributed by atoms with van der Waals surface area (Å²) in [7, 11) is 0. The van der Waals surface area contributed by atoms with Gasteiger partial charge in [-0.1, -0.05) is 19.1 Å². The second kappa shape index (κ2) is 7.36. The highest BCUT2D eigenvalue weighted by Crippen LogP contribution is 2.22. The third-order valence-electron chi connectivity index (χ3n) is 4.12. The predicted molar refractivity (Wildman–Crippen MR) is 99.7 cm³/mol. The molecule has 0 saturated carbocycles. The Morgan fingerprint density at radius 1 is 1.24 bits per heavy atom. The molecular formula is C19H23N5O. The molecule has 1 aromatic carbocycles. The molecule has 0 aliphatic carbocycles. The number of rotatable bonds is 6. The molecule has 25 heavy (non-hydrogen) atoms. The zero-order valence-corrected chi connectivity index (χ0v) is 14.5. The molecule has 0 aliphatic rings. The quantitative estimate of drug-likeness (QED) is 0.643. The number of nitrogen functional groups attached to an aromatic ring is 1. The fourth-order valence-corrected chi connectivity index (χ4v) is 2.74. The third kappa shape index (κ3) is 3.97. The average Bonchev–Trinajstić information content (AvgIpc) is 3.01. The lowest BCUT2D eigenvalue weighted by Gasteiger charge is -2.12. The Balaban J connectivity index is 1.77. The Hall–Kier alpha value is -2.86. The number of nitrogens with two attached hydrogens (primary N) is 1. The molecule has 3 rings (SSSR count). The van der Waals surface area contributed by atoms with Gasteiger partial charge in [-0.05, 0) is 42.7 Å². The molecule has 0 atom stereocenters. The molecule has 0 bridgehead atoms. The number of aromatic nitrogens is 3. The number of benzene rings is 1. The summed E-state index contributed by atoms with van der Waals surface area (Å²) < 4.78 is 2.00. The predicted octanol–water partition coefficient (Wildman–Crippen LogP) is 3.02. The number of pyridine rings is 1. The van der Waals surface area contributed by atoms with Crippen LogP contribution in [-0.4, -0.2) is 19.6 Å². The fraction of sp³-hybridized carbons (Fsp3) is 0.263. The van der Waals surface area contributed by atoms with Crippen molar-refractivity contribution in [2.24, 2.45) is 0 Å². The number of hydrogen-bond acceptors (Lipinski definition) is 5. The van der Waals surface area contributed by atoms with Gasteiger partial charge in [-0.3, -0.25) is 0 Å². The van der Waals surface area contributed by atoms with E-state index in [1.54, 1.807) is 12.3 Å². The first-order chi connectivity index (χ1) is 12.1. The fourth-order valence-electron chi connectivity index (χ4n) is 2.74. The molecular weight excluding hydrogens is 314 g/mol. The van der Waals surface area contributed by atoms with E-state index >= 15 is 0 Å². The first-order valence-corrected chi connectivity index (χ1v) is 8.33. The van der Waals surface area contributed by atoms with Crippen molar-refractivity contribution >= 4 is 17.2 Å². The van der Waals surface area contributed by atoms with Gasteiger partial charge in [-0.25, -0.2) is 9.97 Å². The van der Waals surface area contributed by atoms with Gasteiger partial charge in [0.15, 0.2) is 0 Å². The van der Waals surface area contributed by atoms with E-state index in [2.05, 4.69) is 47.3 Å². The maximum atomic E-state index is 9.48. The zero-order chi connectivity index (χ0) is 17.8. The standard InChI is InChI=1S/C19H23N5O/c1-3-15-11-24(19(12-25)23-15)10-14-4-6-17(13(2)8-14)22-16-5-7-18(20)21-9-16/h4-9,11,22,25H,3,10,12H2,1-2H3,(H2,20,21). The molecule has 130 valence electrons. The summed E-state index contributed by atoms with van der Waals surface area (Å²) in [6, 6.07) is 9.94. The molecule has 6 nitrogen and oxygen atoms in total. The lowest BCUT2D eigenvalue weighted by atomic mass is 10.1. The second-order valence-corrected chi connectivity index (χ2v) is 6.03. The maximum Gasteiger partial charge on any atom is 0.135 e. The first kappa shape index (κ1) is 17.0. The molecule has 2 heterocycles. The van der Waals surface area contributed by atoms with E-state index in [1.807, 2.05) is 16.8 Å². The first-order valence-electron chi connectivity index (χ1n) is 8.33. The van der Waals surface area contributed by atoms with Gasteiger partial charge in [0, 0.05) is 18.4 Å². The van der Waals surface area contributed by atoms with Gasteiger partial charge in [0.2, 0.25) is 0 Å². The van der Waals surface area contributed by atoms with Crippen molar-refractivity contribution in [3.05, 3.63) is 65.4 Å². The van der Waals surface area contributed by atoms with Crippen molar-refractivity contribution < 1.29 is 5.11 Å². The van der Waals surface area contributed by atoms with Gasteiger partial charge in [0.25, 0.3) is 0 Å². The molecule has 4 N–H and O–H groups in total. The lowest BCUT2D eigenvalue weighted by molar-refractivity contribution is 0.266. The van der Waals surface area contributed by atoms with Crippen LogP contribution in [0.4, 0.5) is 17.2 Å². The molecule has 3 aromatic rings. The Labute approximate surface area is 147 Å². The Kier molecular flexibility index (Phi) is 5.00. The van der Waals surface area contributed by atoms with E-state index in [0.29, 0.717) is 18.2 Å². The van der Waals surface area contributed by atoms with Crippen LogP contribution in [0, 0.1) is 6.92 Å². The Bertz CT molecular complexity index is 855. The van der Waals surface area contributed by atoms with Gasteiger partial charge in [0.1, 0.15) is 18.2 Å². The molecule has 2 aromatic heterocycles. The average molecular weight is 337 g/mol. The summed E-state index contributed by atoms with van der Waals surface area (Å²) in [5, 5.41) is 12.8. The van der Waals surface area contributed by atoms with Crippen LogP contribution in [0.2, 0.25) is 0 Å². The van der Waals surface area contributed by atoms with E-state index in [1.165, 1.54) is 0 Å². The van der Waals surface area contributed by atoms with Crippen LogP contribution in [0.3, 0.4) is 0 Å². The summed E-state index contributed by atoms with van der Waals surface area (Å²) in [5.41, 5.74) is 10.8. The monoisotopic (exact) mass is 337 g/mol. The van der Waals surface area contributed by atoms with Gasteiger partial charge in [-0.15, -0.1) is 0 Å². The highest BCUT2D eigenvalue weighted by Gasteiger charge is 2.08. The summed E-state index contributed by atoms with van der Waals surface area (Å²) in [6.07, 6.45) is 4.58. The SMILES string of the molecule is CCc1cn(Cc2ccc(Nc3ccc(N)nc3)c(C)c2)c(CO)n1. The van der Waals surface area contributed by atoms with Crippen molar-refractivity contribution in [3.63, 3.8) is 0 Å². The van der Waals surface area contributed by atoms with Crippen molar-refractivity contribution in [1.82, 2.24) is 14.5 Å². The minimum absolute atomic E-state index is 0.0528. The largest absolute Gasteiger partial charge is 0.388 e. The van der Waals surface area contributed by atoms with E-state index in [9.17, 15) is 5.11 Å². The van der Waals surface area contributed by atoms with Gasteiger partial charge in [0.05, 0.1) is 17.6 Å². The van der Waals surface area contributed by atoms with Crippen LogP contribution < -0.4 is 11.1 Å². The maximum absolute atomic E-state index is 9.48. The topological polar surface area (TPSA) is 89.0 Å². The van der Waals surface area contributed by atoms with Crippen molar-refractivity contribution in [1.29, 1.82) is 0 Å². The number of anilines is 3. The smallest absolute Gasteiger partial charge is 0.135 e. The van der Waals surface area contributed by atoms with Crippen LogP contribution in [0.15, 0.2) is 42.7 Å². The van der Waals surface area contributed by atoms with Gasteiger partial charge in [-0.2, -0.15) is 0 Å². The summed E-state index contributed by atoms with van der Waals surface area (Å²) in [4.78, 5) is 8.52. The zero-order valence-electron chi connectivity index (χ0n) is 14.5. The van der Waals surface area contributed by atoms with Crippen molar-refractivity contribution in [3.8, 4) is 0 Å². The number of imidazole rings is 1. The number of aliphatic hydroxyl groups excluding tert-OH is 1. The van der Waals surface area contributed by atoms with E-state index in [4.69, 9.17) is 5.73 Å². The number of aryl methyl sites for hydroxylation is 2. The molecule has 0 radical (unpaired) electrons. The van der Waals surface area contributed by atoms with Crippen LogP contribution in [-0.2, 0) is 19.6 Å². The van der Waals surface area contributed by atoms with E-state index in [-0.39, 0.29) is 6.61 Å². The highest BCUT2D eigenvalue weighted by atomic mass is 16.3. The number of nitrogens with zero attached hydrogens (tertiary/aromatic N) is 3. The summed E-state index contributed by atoms with van der Waals surface area (Å²) in [5.74, 6) is 1.20. The van der Waals surface area contributed by atoms with Crippen LogP contribution in [0.1, 0.15) is 29.6 Å². The number of aliphatic hydroxyl groups is 1. The normalized spacial score (nSPS) is 10.8.